The van der Waals surface area contributed by atoms with E-state index in [1.165, 1.54) is 64.2 Å². The van der Waals surface area contributed by atoms with Crippen molar-refractivity contribution >= 4 is 33.1 Å². The highest BCUT2D eigenvalue weighted by atomic mass is 79.9. The summed E-state index contributed by atoms with van der Waals surface area (Å²) in [6.45, 7) is 0. The second-order valence-corrected chi connectivity index (χ2v) is 10.2. The van der Waals surface area contributed by atoms with E-state index in [1.54, 1.807) is 24.3 Å². The highest BCUT2D eigenvalue weighted by Crippen LogP contribution is 2.27. The molecule has 2 aliphatic carbocycles. The molecular weight excluding hydrogens is 474 g/mol. The summed E-state index contributed by atoms with van der Waals surface area (Å²) < 4.78 is 0. The zero-order valence-electron chi connectivity index (χ0n) is 19.6. The van der Waals surface area contributed by atoms with Crippen LogP contribution in [-0.4, -0.2) is 10.6 Å². The number of hydrogen-bond donors (Lipinski definition) is 2. The van der Waals surface area contributed by atoms with Crippen LogP contribution in [0.2, 0.25) is 0 Å². The summed E-state index contributed by atoms with van der Waals surface area (Å²) in [6, 6.07) is 16.4. The lowest BCUT2D eigenvalue weighted by atomic mass is 9.90. The molecule has 0 aromatic heterocycles. The highest BCUT2D eigenvalue weighted by molar-refractivity contribution is 9.09. The Morgan fingerprint density at radius 3 is 1.73 bits per heavy atom. The number of hydrogen-bond acceptors (Lipinski definition) is 4. The number of anilines is 2. The van der Waals surface area contributed by atoms with E-state index in [9.17, 15) is 4.79 Å². The first kappa shape index (κ1) is 26.9. The van der Waals surface area contributed by atoms with Crippen LogP contribution in [0.4, 0.5) is 11.4 Å². The Bertz CT molecular complexity index is 877. The van der Waals surface area contributed by atoms with Crippen molar-refractivity contribution in [3.05, 3.63) is 59.7 Å². The molecule has 178 valence electrons. The monoisotopic (exact) mass is 511 g/mol. The van der Waals surface area contributed by atoms with Crippen molar-refractivity contribution in [3.8, 4) is 6.07 Å². The zero-order valence-corrected chi connectivity index (χ0v) is 21.2. The smallest absolute Gasteiger partial charge is 0.168 e. The van der Waals surface area contributed by atoms with Gasteiger partial charge in [0, 0.05) is 27.7 Å². The van der Waals surface area contributed by atoms with Crippen LogP contribution in [-0.2, 0) is 0 Å². The van der Waals surface area contributed by atoms with E-state index in [0.717, 1.165) is 23.2 Å². The molecule has 2 saturated carbocycles. The minimum absolute atomic E-state index is 0.201. The van der Waals surface area contributed by atoms with Gasteiger partial charge in [-0.25, -0.2) is 0 Å². The summed E-state index contributed by atoms with van der Waals surface area (Å²) in [5.74, 6) is 0.451. The fourth-order valence-electron chi connectivity index (χ4n) is 4.31. The summed E-state index contributed by atoms with van der Waals surface area (Å²) in [5.41, 5.74) is 13.7. The van der Waals surface area contributed by atoms with Gasteiger partial charge in [-0.15, -0.1) is 0 Å². The van der Waals surface area contributed by atoms with Gasteiger partial charge in [-0.3, -0.25) is 4.79 Å². The molecule has 4 rings (SSSR count). The minimum atomic E-state index is 0.201. The molecule has 0 unspecified atom stereocenters. The molecule has 0 heterocycles. The molecule has 2 fully saturated rings. The number of alkyl halides is 1. The second-order valence-electron chi connectivity index (χ2n) is 8.93. The van der Waals surface area contributed by atoms with Crippen molar-refractivity contribution in [3.63, 3.8) is 0 Å². The van der Waals surface area contributed by atoms with Gasteiger partial charge in [0.25, 0.3) is 0 Å². The molecule has 0 amide bonds. The lowest BCUT2D eigenvalue weighted by Gasteiger charge is -2.13. The predicted octanol–water partition coefficient (Wildman–Crippen LogP) is 7.67. The Balaban J connectivity index is 0.000000192. The summed E-state index contributed by atoms with van der Waals surface area (Å²) >= 11 is 3.64. The van der Waals surface area contributed by atoms with Gasteiger partial charge in [-0.2, -0.15) is 5.26 Å². The third kappa shape index (κ3) is 10.0. The van der Waals surface area contributed by atoms with E-state index in [0.29, 0.717) is 16.9 Å². The van der Waals surface area contributed by atoms with Gasteiger partial charge < -0.3 is 11.5 Å². The molecule has 5 heteroatoms. The molecule has 2 aromatic carbocycles. The number of para-hydroxylation sites is 2. The van der Waals surface area contributed by atoms with Crippen LogP contribution in [0.5, 0.6) is 0 Å². The molecule has 0 spiro atoms. The molecule has 0 bridgehead atoms. The van der Waals surface area contributed by atoms with E-state index >= 15 is 0 Å². The maximum Gasteiger partial charge on any atom is 0.168 e. The molecule has 0 radical (unpaired) electrons. The van der Waals surface area contributed by atoms with Gasteiger partial charge >= 0.3 is 0 Å². The average molecular weight is 513 g/mol. The molecule has 0 atom stereocenters. The van der Waals surface area contributed by atoms with E-state index in [1.807, 2.05) is 30.3 Å². The Kier molecular flexibility index (Phi) is 12.7. The first-order chi connectivity index (χ1) is 16.0. The lowest BCUT2D eigenvalue weighted by Crippen LogP contribution is -2.15. The lowest BCUT2D eigenvalue weighted by molar-refractivity contribution is 0.0909. The zero-order chi connectivity index (χ0) is 23.9. The standard InChI is InChI=1S/C14H19NO.C7H13Br.C7H6N2/c15-13-10-6-5-9-12(13)14(16)11-7-3-1-2-4-8-11;8-7-5-3-1-2-4-6-7;8-5-6-3-1-2-4-7(6)9/h5-6,9-11H,1-4,7-8,15H2;7H,1-6H2;1-4H,9H2. The topological polar surface area (TPSA) is 92.9 Å². The van der Waals surface area contributed by atoms with Crippen molar-refractivity contribution in [2.45, 2.75) is 81.9 Å². The van der Waals surface area contributed by atoms with E-state index in [2.05, 4.69) is 15.9 Å². The molecule has 0 aliphatic heterocycles. The van der Waals surface area contributed by atoms with Crippen molar-refractivity contribution in [2.24, 2.45) is 5.92 Å². The first-order valence-electron chi connectivity index (χ1n) is 12.3. The van der Waals surface area contributed by atoms with Crippen LogP contribution in [0.15, 0.2) is 48.5 Å². The van der Waals surface area contributed by atoms with Gasteiger partial charge in [0.2, 0.25) is 0 Å². The number of carbonyl (C=O) groups excluding carboxylic acids is 1. The summed E-state index contributed by atoms with van der Waals surface area (Å²) in [5, 5.41) is 8.39. The number of nitrogens with two attached hydrogens (primary N) is 2. The maximum atomic E-state index is 12.3. The number of nitriles is 1. The minimum Gasteiger partial charge on any atom is -0.398 e. The van der Waals surface area contributed by atoms with E-state index in [-0.39, 0.29) is 11.7 Å². The van der Waals surface area contributed by atoms with Crippen molar-refractivity contribution in [1.29, 1.82) is 5.26 Å². The number of nitrogen functional groups attached to an aromatic ring is 2. The van der Waals surface area contributed by atoms with Gasteiger partial charge in [0.1, 0.15) is 6.07 Å². The normalized spacial score (nSPS) is 17.1. The fraction of sp³-hybridized carbons (Fsp3) is 0.500. The average Bonchev–Trinajstić information content (AvgIpc) is 3.25. The predicted molar refractivity (Wildman–Crippen MR) is 142 cm³/mol. The highest BCUT2D eigenvalue weighted by Gasteiger charge is 2.22. The number of halogens is 1. The molecule has 4 nitrogen and oxygen atoms in total. The summed E-state index contributed by atoms with van der Waals surface area (Å²) in [7, 11) is 0. The van der Waals surface area contributed by atoms with Crippen LogP contribution in [0.25, 0.3) is 0 Å². The Morgan fingerprint density at radius 2 is 1.24 bits per heavy atom. The number of carbonyl (C=O) groups is 1. The number of rotatable bonds is 2. The molecular formula is C28H38BrN3O. The fourth-order valence-corrected chi connectivity index (χ4v) is 4.96. The van der Waals surface area contributed by atoms with Gasteiger partial charge in [-0.1, -0.05) is 91.6 Å². The molecule has 2 aliphatic rings. The summed E-state index contributed by atoms with van der Waals surface area (Å²) in [4.78, 5) is 13.1. The van der Waals surface area contributed by atoms with Crippen molar-refractivity contribution < 1.29 is 4.79 Å². The third-order valence-corrected chi connectivity index (χ3v) is 7.23. The van der Waals surface area contributed by atoms with Crippen LogP contribution in [0, 0.1) is 17.2 Å². The van der Waals surface area contributed by atoms with E-state index in [4.69, 9.17) is 16.7 Å². The Morgan fingerprint density at radius 1 is 0.758 bits per heavy atom. The third-order valence-electron chi connectivity index (χ3n) is 6.32. The molecule has 4 N–H and O–H groups in total. The second kappa shape index (κ2) is 15.5. The van der Waals surface area contributed by atoms with Crippen molar-refractivity contribution in [2.75, 3.05) is 11.5 Å². The largest absolute Gasteiger partial charge is 0.398 e. The summed E-state index contributed by atoms with van der Waals surface area (Å²) in [6.07, 6.45) is 15.6. The van der Waals surface area contributed by atoms with Gasteiger partial charge in [-0.05, 0) is 49.9 Å². The van der Waals surface area contributed by atoms with Crippen LogP contribution >= 0.6 is 15.9 Å². The van der Waals surface area contributed by atoms with Crippen LogP contribution < -0.4 is 11.5 Å². The number of ketones is 1. The molecule has 0 saturated heterocycles. The number of Topliss-reactive ketones (excluding diaryl/α,β-unsaturated/α-hetero) is 1. The van der Waals surface area contributed by atoms with Crippen LogP contribution in [0.1, 0.15) is 93.0 Å². The Hall–Kier alpha value is -2.32. The first-order valence-corrected chi connectivity index (χ1v) is 13.2. The molecule has 33 heavy (non-hydrogen) atoms. The maximum absolute atomic E-state index is 12.3. The van der Waals surface area contributed by atoms with Crippen LogP contribution in [0.3, 0.4) is 0 Å². The van der Waals surface area contributed by atoms with Crippen molar-refractivity contribution in [1.82, 2.24) is 0 Å². The van der Waals surface area contributed by atoms with Gasteiger partial charge in [0.05, 0.1) is 5.56 Å². The van der Waals surface area contributed by atoms with Gasteiger partial charge in [0.15, 0.2) is 5.78 Å². The Labute approximate surface area is 207 Å². The van der Waals surface area contributed by atoms with E-state index < -0.39 is 0 Å². The molecule has 2 aromatic rings. The number of benzene rings is 2. The SMILES string of the molecule is BrC1CCCCCC1.N#Cc1ccccc1N.Nc1ccccc1C(=O)C1CCCCCC1. The number of nitrogens with zero attached hydrogens (tertiary/aromatic N) is 1. The quantitative estimate of drug-likeness (QED) is 0.187.